The third-order valence-corrected chi connectivity index (χ3v) is 4.91. The molecule has 1 aromatic carbocycles. The summed E-state index contributed by atoms with van der Waals surface area (Å²) < 4.78 is 24.2. The summed E-state index contributed by atoms with van der Waals surface area (Å²) in [6, 6.07) is 7.18. The molecule has 1 aromatic rings. The minimum Gasteiger partial charge on any atom is -0.387 e. The molecule has 0 bridgehead atoms. The lowest BCUT2D eigenvalue weighted by atomic mass is 10.1. The number of rotatable bonds is 9. The second-order valence-electron chi connectivity index (χ2n) is 4.85. The average Bonchev–Trinajstić information content (AvgIpc) is 2.41. The average molecular weight is 335 g/mol. The van der Waals surface area contributed by atoms with Gasteiger partial charge in [0.25, 0.3) is 0 Å². The van der Waals surface area contributed by atoms with Gasteiger partial charge in [0.2, 0.25) is 10.0 Å². The number of hydrogen-bond acceptors (Lipinski definition) is 4. The van der Waals surface area contributed by atoms with Crippen molar-refractivity contribution >= 4 is 21.6 Å². The van der Waals surface area contributed by atoms with E-state index in [1.807, 2.05) is 19.1 Å². The van der Waals surface area contributed by atoms with E-state index in [1.165, 1.54) is 10.6 Å². The van der Waals surface area contributed by atoms with Crippen LogP contribution >= 0.6 is 11.6 Å². The lowest BCUT2D eigenvalue weighted by molar-refractivity contribution is 0.174. The first-order valence-electron chi connectivity index (χ1n) is 6.94. The van der Waals surface area contributed by atoms with Crippen molar-refractivity contribution in [2.45, 2.75) is 19.4 Å². The molecule has 2 N–H and O–H groups in total. The molecule has 0 amide bonds. The van der Waals surface area contributed by atoms with Crippen LogP contribution in [0.3, 0.4) is 0 Å². The van der Waals surface area contributed by atoms with Crippen LogP contribution in [0, 0.1) is 0 Å². The summed E-state index contributed by atoms with van der Waals surface area (Å²) in [4.78, 5) is 0. The smallest absolute Gasteiger partial charge is 0.211 e. The maximum atomic E-state index is 11.4. The second kappa shape index (κ2) is 8.70. The van der Waals surface area contributed by atoms with E-state index in [0.717, 1.165) is 0 Å². The Morgan fingerprint density at radius 1 is 1.38 bits per heavy atom. The molecular weight excluding hydrogens is 312 g/mol. The minimum absolute atomic E-state index is 0.384. The molecule has 0 heterocycles. The molecule has 0 saturated heterocycles. The van der Waals surface area contributed by atoms with Gasteiger partial charge < -0.3 is 10.4 Å². The summed E-state index contributed by atoms with van der Waals surface area (Å²) in [6.07, 6.45) is 1.23. The lowest BCUT2D eigenvalue weighted by Crippen LogP contribution is -2.33. The van der Waals surface area contributed by atoms with Crippen molar-refractivity contribution < 1.29 is 13.5 Å². The fraction of sp³-hybridized carbons (Fsp3) is 0.571. The van der Waals surface area contributed by atoms with Gasteiger partial charge in [-0.3, -0.25) is 0 Å². The summed E-state index contributed by atoms with van der Waals surface area (Å²) in [6.45, 7) is 3.78. The number of halogens is 1. The fourth-order valence-electron chi connectivity index (χ4n) is 2.03. The van der Waals surface area contributed by atoms with E-state index < -0.39 is 16.1 Å². The van der Waals surface area contributed by atoms with Crippen molar-refractivity contribution in [3.8, 4) is 0 Å². The number of aliphatic hydroxyl groups is 1. The van der Waals surface area contributed by atoms with Crippen LogP contribution in [-0.4, -0.2) is 50.3 Å². The van der Waals surface area contributed by atoms with Crippen LogP contribution in [0.1, 0.15) is 25.0 Å². The van der Waals surface area contributed by atoms with Crippen LogP contribution < -0.4 is 5.32 Å². The first-order chi connectivity index (χ1) is 9.86. The highest BCUT2D eigenvalue weighted by molar-refractivity contribution is 7.88. The first kappa shape index (κ1) is 18.4. The highest BCUT2D eigenvalue weighted by atomic mass is 35.5. The van der Waals surface area contributed by atoms with Gasteiger partial charge in [-0.05, 0) is 19.0 Å². The molecule has 0 spiro atoms. The van der Waals surface area contributed by atoms with Crippen molar-refractivity contribution in [3.63, 3.8) is 0 Å². The van der Waals surface area contributed by atoms with E-state index in [-0.39, 0.29) is 0 Å². The largest absolute Gasteiger partial charge is 0.387 e. The molecule has 1 rings (SSSR count). The van der Waals surface area contributed by atoms with Crippen LogP contribution in [0.25, 0.3) is 0 Å². The summed E-state index contributed by atoms with van der Waals surface area (Å²) in [5.74, 6) is 0. The zero-order chi connectivity index (χ0) is 15.9. The van der Waals surface area contributed by atoms with Crippen LogP contribution in [0.4, 0.5) is 0 Å². The summed E-state index contributed by atoms with van der Waals surface area (Å²) >= 11 is 6.01. The van der Waals surface area contributed by atoms with Gasteiger partial charge in [-0.2, -0.15) is 0 Å². The van der Waals surface area contributed by atoms with Gasteiger partial charge in [-0.15, -0.1) is 0 Å². The van der Waals surface area contributed by atoms with Crippen LogP contribution in [-0.2, 0) is 10.0 Å². The van der Waals surface area contributed by atoms with Crippen molar-refractivity contribution in [2.75, 3.05) is 32.4 Å². The molecule has 0 saturated carbocycles. The van der Waals surface area contributed by atoms with Crippen molar-refractivity contribution in [3.05, 3.63) is 34.9 Å². The molecule has 1 unspecified atom stereocenters. The Labute approximate surface area is 132 Å². The quantitative estimate of drug-likeness (QED) is 0.673. The van der Waals surface area contributed by atoms with E-state index in [4.69, 9.17) is 11.6 Å². The molecule has 0 aromatic heterocycles. The molecular formula is C14H23ClN2O3S. The maximum Gasteiger partial charge on any atom is 0.211 e. The molecule has 0 fully saturated rings. The van der Waals surface area contributed by atoms with Gasteiger partial charge in [0.15, 0.2) is 0 Å². The van der Waals surface area contributed by atoms with Crippen LogP contribution in [0.15, 0.2) is 24.3 Å². The third kappa shape index (κ3) is 6.32. The SMILES string of the molecule is CCN(CCCNCC(O)c1ccccc1Cl)S(C)(=O)=O. The minimum atomic E-state index is -3.13. The molecule has 21 heavy (non-hydrogen) atoms. The summed E-state index contributed by atoms with van der Waals surface area (Å²) in [7, 11) is -3.13. The number of sulfonamides is 1. The summed E-state index contributed by atoms with van der Waals surface area (Å²) in [5, 5.41) is 13.7. The maximum absolute atomic E-state index is 11.4. The molecule has 5 nitrogen and oxygen atoms in total. The van der Waals surface area contributed by atoms with Gasteiger partial charge in [0, 0.05) is 30.2 Å². The van der Waals surface area contributed by atoms with Crippen molar-refractivity contribution in [1.82, 2.24) is 9.62 Å². The van der Waals surface area contributed by atoms with Crippen LogP contribution in [0.2, 0.25) is 5.02 Å². The van der Waals surface area contributed by atoms with Gasteiger partial charge in [0.05, 0.1) is 12.4 Å². The molecule has 7 heteroatoms. The predicted molar refractivity (Wildman–Crippen MR) is 86.0 cm³/mol. The second-order valence-corrected chi connectivity index (χ2v) is 7.24. The Morgan fingerprint density at radius 3 is 2.62 bits per heavy atom. The molecule has 0 aliphatic rings. The number of nitrogens with one attached hydrogen (secondary N) is 1. The van der Waals surface area contributed by atoms with Gasteiger partial charge in [0.1, 0.15) is 0 Å². The van der Waals surface area contributed by atoms with Gasteiger partial charge >= 0.3 is 0 Å². The molecule has 120 valence electrons. The van der Waals surface area contributed by atoms with Gasteiger partial charge in [-0.25, -0.2) is 12.7 Å². The predicted octanol–water partition coefficient (Wildman–Crippen LogP) is 1.63. The Balaban J connectivity index is 2.30. The van der Waals surface area contributed by atoms with Crippen molar-refractivity contribution in [2.24, 2.45) is 0 Å². The van der Waals surface area contributed by atoms with Gasteiger partial charge in [-0.1, -0.05) is 36.7 Å². The highest BCUT2D eigenvalue weighted by Gasteiger charge is 2.13. The molecule has 0 aliphatic heterocycles. The zero-order valence-corrected chi connectivity index (χ0v) is 14.0. The van der Waals surface area contributed by atoms with Crippen molar-refractivity contribution in [1.29, 1.82) is 0 Å². The number of hydrogen-bond donors (Lipinski definition) is 2. The van der Waals surface area contributed by atoms with E-state index in [1.54, 1.807) is 12.1 Å². The molecule has 1 atom stereocenters. The lowest BCUT2D eigenvalue weighted by Gasteiger charge is -2.18. The number of benzene rings is 1. The zero-order valence-electron chi connectivity index (χ0n) is 12.4. The molecule has 0 aliphatic carbocycles. The number of aliphatic hydroxyl groups excluding tert-OH is 1. The topological polar surface area (TPSA) is 69.6 Å². The monoisotopic (exact) mass is 334 g/mol. The van der Waals surface area contributed by atoms with E-state index in [0.29, 0.717) is 43.2 Å². The Hall–Kier alpha value is -0.660. The highest BCUT2D eigenvalue weighted by Crippen LogP contribution is 2.21. The normalized spacial score (nSPS) is 13.6. The fourth-order valence-corrected chi connectivity index (χ4v) is 3.22. The van der Waals surface area contributed by atoms with E-state index in [2.05, 4.69) is 5.32 Å². The Bertz CT molecular complexity index is 537. The van der Waals surface area contributed by atoms with Crippen LogP contribution in [0.5, 0.6) is 0 Å². The summed E-state index contributed by atoms with van der Waals surface area (Å²) in [5.41, 5.74) is 0.693. The molecule has 0 radical (unpaired) electrons. The standard InChI is InChI=1S/C14H23ClN2O3S/c1-3-17(21(2,19)20)10-6-9-16-11-14(18)12-7-4-5-8-13(12)15/h4-5,7-8,14,16,18H,3,6,9-11H2,1-2H3. The first-order valence-corrected chi connectivity index (χ1v) is 9.17. The third-order valence-electron chi connectivity index (χ3n) is 3.18. The van der Waals surface area contributed by atoms with E-state index >= 15 is 0 Å². The number of nitrogens with zero attached hydrogens (tertiary/aromatic N) is 1. The Morgan fingerprint density at radius 2 is 2.05 bits per heavy atom. The Kier molecular flexibility index (Phi) is 7.62. The van der Waals surface area contributed by atoms with E-state index in [9.17, 15) is 13.5 Å².